The van der Waals surface area contributed by atoms with Crippen molar-refractivity contribution in [1.82, 2.24) is 9.13 Å². The van der Waals surface area contributed by atoms with Gasteiger partial charge in [-0.15, -0.1) is 11.3 Å². The minimum atomic E-state index is -0.603. The summed E-state index contributed by atoms with van der Waals surface area (Å²) in [4.78, 5) is 39.0. The molecule has 0 bridgehead atoms. The van der Waals surface area contributed by atoms with Gasteiger partial charge in [0.25, 0.3) is 5.56 Å². The Morgan fingerprint density at radius 3 is 2.45 bits per heavy atom. The van der Waals surface area contributed by atoms with E-state index in [0.717, 1.165) is 4.57 Å². The van der Waals surface area contributed by atoms with Crippen molar-refractivity contribution in [2.75, 3.05) is 19.5 Å². The summed E-state index contributed by atoms with van der Waals surface area (Å²) in [5.41, 5.74) is 0.323. The van der Waals surface area contributed by atoms with Crippen LogP contribution in [0, 0.1) is 0 Å². The Bertz CT molecular complexity index is 1370. The van der Waals surface area contributed by atoms with E-state index in [4.69, 9.17) is 9.47 Å². The summed E-state index contributed by atoms with van der Waals surface area (Å²) < 4.78 is 13.1. The number of hydrogen-bond acceptors (Lipinski definition) is 6. The zero-order valence-electron chi connectivity index (χ0n) is 16.8. The van der Waals surface area contributed by atoms with Crippen LogP contribution in [0.15, 0.2) is 69.6 Å². The van der Waals surface area contributed by atoms with Crippen LogP contribution in [0.5, 0.6) is 11.5 Å². The molecule has 31 heavy (non-hydrogen) atoms. The molecule has 0 aliphatic carbocycles. The van der Waals surface area contributed by atoms with Gasteiger partial charge in [-0.2, -0.15) is 0 Å². The van der Waals surface area contributed by atoms with E-state index in [1.165, 1.54) is 23.0 Å². The maximum Gasteiger partial charge on any atom is 0.336 e. The quantitative estimate of drug-likeness (QED) is 0.501. The number of benzene rings is 2. The number of carbonyl (C=O) groups is 1. The number of methoxy groups -OCH3 is 2. The van der Waals surface area contributed by atoms with E-state index < -0.39 is 17.2 Å². The van der Waals surface area contributed by atoms with E-state index in [9.17, 15) is 14.4 Å². The van der Waals surface area contributed by atoms with E-state index in [0.29, 0.717) is 33.1 Å². The second-order valence-electron chi connectivity index (χ2n) is 6.62. The molecule has 0 saturated carbocycles. The number of rotatable bonds is 6. The van der Waals surface area contributed by atoms with Gasteiger partial charge in [0.1, 0.15) is 22.7 Å². The molecule has 0 fully saturated rings. The zero-order chi connectivity index (χ0) is 22.0. The minimum Gasteiger partial charge on any atom is -0.497 e. The van der Waals surface area contributed by atoms with Gasteiger partial charge in [-0.1, -0.05) is 6.07 Å². The molecule has 9 heteroatoms. The number of ether oxygens (including phenoxy) is 2. The van der Waals surface area contributed by atoms with E-state index in [-0.39, 0.29) is 6.54 Å². The first-order valence-electron chi connectivity index (χ1n) is 9.33. The summed E-state index contributed by atoms with van der Waals surface area (Å²) >= 11 is 1.22. The summed E-state index contributed by atoms with van der Waals surface area (Å²) in [6.45, 7) is -0.248. The molecule has 2 aromatic heterocycles. The Kier molecular flexibility index (Phi) is 5.59. The van der Waals surface area contributed by atoms with E-state index in [1.807, 2.05) is 0 Å². The van der Waals surface area contributed by atoms with Crippen molar-refractivity contribution < 1.29 is 14.3 Å². The molecule has 0 atom stereocenters. The van der Waals surface area contributed by atoms with Gasteiger partial charge in [-0.05, 0) is 47.8 Å². The highest BCUT2D eigenvalue weighted by atomic mass is 32.1. The molecule has 2 aromatic carbocycles. The maximum atomic E-state index is 13.3. The van der Waals surface area contributed by atoms with Gasteiger partial charge < -0.3 is 14.8 Å². The Labute approximate surface area is 180 Å². The molecule has 0 aliphatic heterocycles. The van der Waals surface area contributed by atoms with Crippen LogP contribution in [0.4, 0.5) is 5.69 Å². The number of hydrogen-bond donors (Lipinski definition) is 1. The Hall–Kier alpha value is -3.85. The van der Waals surface area contributed by atoms with Gasteiger partial charge in [-0.25, -0.2) is 9.36 Å². The number of amides is 1. The average Bonchev–Trinajstić information content (AvgIpc) is 3.28. The standard InChI is InChI=1S/C22H19N3O5S/c1-29-16-8-6-14(7-9-16)23-19(26)13-24-18-10-11-31-20(18)21(27)25(22(24)28)15-4-3-5-17(12-15)30-2/h3-12H,13H2,1-2H3,(H,23,26). The lowest BCUT2D eigenvalue weighted by molar-refractivity contribution is -0.116. The molecular formula is C22H19N3O5S. The monoisotopic (exact) mass is 437 g/mol. The first-order valence-corrected chi connectivity index (χ1v) is 10.2. The first kappa shape index (κ1) is 20.4. The SMILES string of the molecule is COc1ccc(NC(=O)Cn2c(=O)n(-c3cccc(OC)c3)c(=O)c3sccc32)cc1. The smallest absolute Gasteiger partial charge is 0.336 e. The fourth-order valence-electron chi connectivity index (χ4n) is 3.24. The van der Waals surface area contributed by atoms with Crippen LogP contribution in [0.1, 0.15) is 0 Å². The number of nitrogens with zero attached hydrogens (tertiary/aromatic N) is 2. The summed E-state index contributed by atoms with van der Waals surface area (Å²) in [6, 6.07) is 15.2. The van der Waals surface area contributed by atoms with E-state index in [1.54, 1.807) is 67.1 Å². The second-order valence-corrected chi connectivity index (χ2v) is 7.54. The Morgan fingerprint density at radius 2 is 1.74 bits per heavy atom. The third-order valence-electron chi connectivity index (χ3n) is 4.74. The third-order valence-corrected chi connectivity index (χ3v) is 5.63. The third kappa shape index (κ3) is 3.95. The zero-order valence-corrected chi connectivity index (χ0v) is 17.6. The summed E-state index contributed by atoms with van der Waals surface area (Å²) in [6.07, 6.45) is 0. The van der Waals surface area contributed by atoms with Gasteiger partial charge in [-0.3, -0.25) is 14.2 Å². The fourth-order valence-corrected chi connectivity index (χ4v) is 4.06. The highest BCUT2D eigenvalue weighted by molar-refractivity contribution is 7.17. The summed E-state index contributed by atoms with van der Waals surface area (Å²) in [5.74, 6) is 0.786. The van der Waals surface area contributed by atoms with Gasteiger partial charge >= 0.3 is 5.69 Å². The van der Waals surface area contributed by atoms with Crippen LogP contribution in [0.25, 0.3) is 15.9 Å². The predicted octanol–water partition coefficient (Wildman–Crippen LogP) is 2.87. The number of aromatic nitrogens is 2. The highest BCUT2D eigenvalue weighted by Crippen LogP contribution is 2.19. The van der Waals surface area contributed by atoms with Crippen molar-refractivity contribution in [2.24, 2.45) is 0 Å². The number of nitrogens with one attached hydrogen (secondary N) is 1. The highest BCUT2D eigenvalue weighted by Gasteiger charge is 2.18. The second kappa shape index (κ2) is 8.49. The van der Waals surface area contributed by atoms with Crippen LogP contribution in [0.2, 0.25) is 0 Å². The molecule has 0 spiro atoms. The van der Waals surface area contributed by atoms with Gasteiger partial charge in [0, 0.05) is 11.8 Å². The largest absolute Gasteiger partial charge is 0.497 e. The van der Waals surface area contributed by atoms with Crippen molar-refractivity contribution >= 4 is 33.1 Å². The van der Waals surface area contributed by atoms with Gasteiger partial charge in [0.15, 0.2) is 0 Å². The lowest BCUT2D eigenvalue weighted by Crippen LogP contribution is -2.40. The number of thiophene rings is 1. The number of anilines is 1. The van der Waals surface area contributed by atoms with Crippen LogP contribution < -0.4 is 26.0 Å². The minimum absolute atomic E-state index is 0.248. The lowest BCUT2D eigenvalue weighted by Gasteiger charge is -2.13. The molecule has 8 nitrogen and oxygen atoms in total. The molecule has 2 heterocycles. The fraction of sp³-hybridized carbons (Fsp3) is 0.136. The van der Waals surface area contributed by atoms with Gasteiger partial charge in [0.2, 0.25) is 5.91 Å². The molecule has 0 aliphatic rings. The molecular weight excluding hydrogens is 418 g/mol. The van der Waals surface area contributed by atoms with Crippen molar-refractivity contribution in [3.05, 3.63) is 80.8 Å². The summed E-state index contributed by atoms with van der Waals surface area (Å²) in [7, 11) is 3.06. The average molecular weight is 437 g/mol. The molecule has 1 amide bonds. The molecule has 0 radical (unpaired) electrons. The van der Waals surface area contributed by atoms with Crippen LogP contribution in [-0.4, -0.2) is 29.3 Å². The molecule has 158 valence electrons. The normalized spacial score (nSPS) is 10.8. The molecule has 1 N–H and O–H groups in total. The van der Waals surface area contributed by atoms with E-state index >= 15 is 0 Å². The van der Waals surface area contributed by atoms with Crippen molar-refractivity contribution in [1.29, 1.82) is 0 Å². The number of carbonyl (C=O) groups excluding carboxylic acids is 1. The molecule has 0 saturated heterocycles. The first-order chi connectivity index (χ1) is 15.0. The lowest BCUT2D eigenvalue weighted by atomic mass is 10.3. The maximum absolute atomic E-state index is 13.3. The van der Waals surface area contributed by atoms with Gasteiger partial charge in [0.05, 0.1) is 25.4 Å². The predicted molar refractivity (Wildman–Crippen MR) is 120 cm³/mol. The van der Waals surface area contributed by atoms with E-state index in [2.05, 4.69) is 5.32 Å². The molecule has 4 aromatic rings. The summed E-state index contributed by atoms with van der Waals surface area (Å²) in [5, 5.41) is 4.48. The van der Waals surface area contributed by atoms with Crippen LogP contribution in [0.3, 0.4) is 0 Å². The molecule has 4 rings (SSSR count). The Balaban J connectivity index is 1.75. The van der Waals surface area contributed by atoms with Crippen molar-refractivity contribution in [2.45, 2.75) is 6.54 Å². The van der Waals surface area contributed by atoms with Crippen molar-refractivity contribution in [3.8, 4) is 17.2 Å². The van der Waals surface area contributed by atoms with Crippen LogP contribution >= 0.6 is 11.3 Å². The number of fused-ring (bicyclic) bond motifs is 1. The Morgan fingerprint density at radius 1 is 1.00 bits per heavy atom. The van der Waals surface area contributed by atoms with Crippen LogP contribution in [-0.2, 0) is 11.3 Å². The molecule has 0 unspecified atom stereocenters. The van der Waals surface area contributed by atoms with Crippen molar-refractivity contribution in [3.63, 3.8) is 0 Å². The topological polar surface area (TPSA) is 91.6 Å².